The second-order valence-electron chi connectivity index (χ2n) is 10.7. The van der Waals surface area contributed by atoms with Crippen LogP contribution in [0.5, 0.6) is 17.2 Å². The summed E-state index contributed by atoms with van der Waals surface area (Å²) in [6.07, 6.45) is -4.94. The number of amides is 2. The average molecular weight is 636 g/mol. The Balaban J connectivity index is 2.25. The lowest BCUT2D eigenvalue weighted by Crippen LogP contribution is -2.64. The molecule has 2 N–H and O–H groups in total. The molecule has 11 nitrogen and oxygen atoms in total. The molecule has 1 heterocycles. The molecule has 0 bridgehead atoms. The molecule has 0 saturated heterocycles. The summed E-state index contributed by atoms with van der Waals surface area (Å²) in [5, 5.41) is 0. The molecular formula is C31H36F3N3O8. The van der Waals surface area contributed by atoms with Gasteiger partial charge in [-0.1, -0.05) is 44.2 Å². The largest absolute Gasteiger partial charge is 0.493 e. The number of rotatable bonds is 13. The monoisotopic (exact) mass is 635 g/mol. The van der Waals surface area contributed by atoms with Gasteiger partial charge in [-0.3, -0.25) is 19.2 Å². The minimum Gasteiger partial charge on any atom is -0.493 e. The van der Waals surface area contributed by atoms with Crippen molar-refractivity contribution in [1.29, 1.82) is 0 Å². The first-order valence-electron chi connectivity index (χ1n) is 13.8. The van der Waals surface area contributed by atoms with Gasteiger partial charge in [-0.05, 0) is 23.6 Å². The minimum atomic E-state index is -5.45. The lowest BCUT2D eigenvalue weighted by atomic mass is 9.82. The van der Waals surface area contributed by atoms with Crippen molar-refractivity contribution < 1.29 is 51.3 Å². The van der Waals surface area contributed by atoms with Crippen LogP contribution in [0.1, 0.15) is 25.0 Å². The van der Waals surface area contributed by atoms with Gasteiger partial charge in [-0.2, -0.15) is 13.2 Å². The van der Waals surface area contributed by atoms with Crippen LogP contribution in [0.3, 0.4) is 0 Å². The van der Waals surface area contributed by atoms with Crippen molar-refractivity contribution in [3.63, 3.8) is 0 Å². The molecule has 14 heteroatoms. The molecule has 0 aliphatic carbocycles. The molecule has 2 amide bonds. The number of ketones is 2. The molecule has 2 aromatic carbocycles. The van der Waals surface area contributed by atoms with Gasteiger partial charge in [0, 0.05) is 25.3 Å². The van der Waals surface area contributed by atoms with Crippen molar-refractivity contribution in [3.8, 4) is 17.2 Å². The minimum absolute atomic E-state index is 0.0736. The molecule has 2 aromatic rings. The van der Waals surface area contributed by atoms with E-state index in [1.54, 1.807) is 19.9 Å². The number of carbonyl (C=O) groups is 4. The highest BCUT2D eigenvalue weighted by Crippen LogP contribution is 2.42. The average Bonchev–Trinajstić information content (AvgIpc) is 3.00. The van der Waals surface area contributed by atoms with Crippen LogP contribution in [0, 0.1) is 5.92 Å². The van der Waals surface area contributed by atoms with E-state index < -0.39 is 66.6 Å². The molecule has 1 aliphatic rings. The van der Waals surface area contributed by atoms with Gasteiger partial charge in [0.25, 0.3) is 17.6 Å². The second kappa shape index (κ2) is 14.1. The Morgan fingerprint density at radius 1 is 0.956 bits per heavy atom. The zero-order valence-electron chi connectivity index (χ0n) is 25.8. The van der Waals surface area contributed by atoms with Gasteiger partial charge < -0.3 is 34.5 Å². The van der Waals surface area contributed by atoms with E-state index in [1.165, 1.54) is 71.0 Å². The van der Waals surface area contributed by atoms with E-state index in [0.717, 1.165) is 9.80 Å². The zero-order valence-corrected chi connectivity index (χ0v) is 25.8. The fourth-order valence-electron chi connectivity index (χ4n) is 5.09. The summed E-state index contributed by atoms with van der Waals surface area (Å²) in [5.74, 6) is -5.23. The maximum atomic E-state index is 14.2. The lowest BCUT2D eigenvalue weighted by Gasteiger charge is -2.42. The third-order valence-corrected chi connectivity index (χ3v) is 7.31. The maximum Gasteiger partial charge on any atom is 0.452 e. The maximum absolute atomic E-state index is 14.2. The Morgan fingerprint density at radius 3 is 2.00 bits per heavy atom. The number of hydrogen-bond acceptors (Lipinski definition) is 9. The Bertz CT molecular complexity index is 1440. The molecule has 1 aliphatic heterocycles. The Kier molecular flexibility index (Phi) is 11.0. The summed E-state index contributed by atoms with van der Waals surface area (Å²) in [4.78, 5) is 55.9. The number of benzene rings is 2. The van der Waals surface area contributed by atoms with Crippen LogP contribution in [0.25, 0.3) is 5.70 Å². The van der Waals surface area contributed by atoms with E-state index in [2.05, 4.69) is 0 Å². The molecular weight excluding hydrogens is 599 g/mol. The Labute approximate surface area is 258 Å². The normalized spacial score (nSPS) is 16.6. The second-order valence-corrected chi connectivity index (χ2v) is 10.7. The number of nitrogens with two attached hydrogens (primary N) is 1. The molecule has 0 radical (unpaired) electrons. The molecule has 2 atom stereocenters. The lowest BCUT2D eigenvalue weighted by molar-refractivity contribution is -0.178. The smallest absolute Gasteiger partial charge is 0.452 e. The van der Waals surface area contributed by atoms with E-state index >= 15 is 0 Å². The quantitative estimate of drug-likeness (QED) is 0.329. The number of alkyl halides is 3. The van der Waals surface area contributed by atoms with Crippen LogP contribution in [0.4, 0.5) is 13.2 Å². The Morgan fingerprint density at radius 2 is 1.53 bits per heavy atom. The van der Waals surface area contributed by atoms with Gasteiger partial charge in [0.1, 0.15) is 18.2 Å². The summed E-state index contributed by atoms with van der Waals surface area (Å²) in [6, 6.07) is 9.22. The zero-order chi connectivity index (χ0) is 33.7. The molecule has 0 fully saturated rings. The van der Waals surface area contributed by atoms with Crippen molar-refractivity contribution in [2.24, 2.45) is 11.7 Å². The summed E-state index contributed by atoms with van der Waals surface area (Å²) in [6.45, 7) is 1.90. The fourth-order valence-corrected chi connectivity index (χ4v) is 5.09. The Hall–Kier alpha value is -4.43. The molecule has 2 unspecified atom stereocenters. The van der Waals surface area contributed by atoms with E-state index in [4.69, 9.17) is 24.7 Å². The van der Waals surface area contributed by atoms with E-state index in [9.17, 15) is 32.3 Å². The summed E-state index contributed by atoms with van der Waals surface area (Å²) in [5.41, 5.74) is 3.31. The number of halogens is 3. The van der Waals surface area contributed by atoms with E-state index in [0.29, 0.717) is 0 Å². The molecule has 3 rings (SSSR count). The van der Waals surface area contributed by atoms with Crippen LogP contribution < -0.4 is 19.9 Å². The fraction of sp³-hybridized carbons (Fsp3) is 0.419. The van der Waals surface area contributed by atoms with Gasteiger partial charge in [0.2, 0.25) is 5.75 Å². The SMILES string of the molecule is COCC(=O)N1C=C(c2cc(OC)c(OC)c(OC)c2)N(CC(=O)C(N)(Cc2ccccc2)C(=O)C(F)(F)F)C(=O)C1C(C)C. The van der Waals surface area contributed by atoms with Gasteiger partial charge in [0.05, 0.1) is 33.6 Å². The predicted octanol–water partition coefficient (Wildman–Crippen LogP) is 2.99. The van der Waals surface area contributed by atoms with Crippen LogP contribution in [-0.2, 0) is 30.3 Å². The van der Waals surface area contributed by atoms with Gasteiger partial charge in [0.15, 0.2) is 17.3 Å². The summed E-state index contributed by atoms with van der Waals surface area (Å²) < 4.78 is 62.8. The summed E-state index contributed by atoms with van der Waals surface area (Å²) >= 11 is 0. The van der Waals surface area contributed by atoms with Crippen LogP contribution in [0.2, 0.25) is 0 Å². The number of methoxy groups -OCH3 is 4. The number of carbonyl (C=O) groups excluding carboxylic acids is 4. The first kappa shape index (κ1) is 35.1. The highest BCUT2D eigenvalue weighted by atomic mass is 19.4. The first-order valence-corrected chi connectivity index (χ1v) is 13.8. The molecule has 0 spiro atoms. The van der Waals surface area contributed by atoms with Gasteiger partial charge >= 0.3 is 6.18 Å². The first-order chi connectivity index (χ1) is 21.1. The van der Waals surface area contributed by atoms with Crippen molar-refractivity contribution in [1.82, 2.24) is 9.80 Å². The predicted molar refractivity (Wildman–Crippen MR) is 156 cm³/mol. The van der Waals surface area contributed by atoms with E-state index in [-0.39, 0.29) is 34.1 Å². The van der Waals surface area contributed by atoms with E-state index in [1.807, 2.05) is 0 Å². The molecule has 45 heavy (non-hydrogen) atoms. The third-order valence-electron chi connectivity index (χ3n) is 7.31. The summed E-state index contributed by atoms with van der Waals surface area (Å²) in [7, 11) is 5.37. The van der Waals surface area contributed by atoms with Gasteiger partial charge in [-0.15, -0.1) is 0 Å². The number of ether oxygens (including phenoxy) is 4. The standard InChI is InChI=1S/C31H36F3N3O8/c1-18(2)26-28(40)36(16-24(38)30(35,29(41)31(32,33)34)14-19-10-8-7-9-11-19)21(15-37(26)25(39)17-42-3)20-12-22(43-4)27(45-6)23(13-20)44-5/h7-13,15,18,26H,14,16-17,35H2,1-6H3. The van der Waals surface area contributed by atoms with Crippen molar-refractivity contribution in [2.75, 3.05) is 41.6 Å². The number of Topliss-reactive ketones (excluding diaryl/α,β-unsaturated/α-hetero) is 2. The van der Waals surface area contributed by atoms with Crippen molar-refractivity contribution in [2.45, 2.75) is 38.0 Å². The highest BCUT2D eigenvalue weighted by Gasteiger charge is 2.55. The van der Waals surface area contributed by atoms with Crippen LogP contribution in [0.15, 0.2) is 48.7 Å². The third kappa shape index (κ3) is 7.28. The van der Waals surface area contributed by atoms with Gasteiger partial charge in [-0.25, -0.2) is 0 Å². The van der Waals surface area contributed by atoms with Crippen molar-refractivity contribution in [3.05, 3.63) is 59.8 Å². The number of nitrogens with zero attached hydrogens (tertiary/aromatic N) is 2. The number of hydrogen-bond donors (Lipinski definition) is 1. The topological polar surface area (TPSA) is 138 Å². The molecule has 244 valence electrons. The van der Waals surface area contributed by atoms with Crippen LogP contribution >= 0.6 is 0 Å². The van der Waals surface area contributed by atoms with Crippen molar-refractivity contribution >= 4 is 29.1 Å². The highest BCUT2D eigenvalue weighted by molar-refractivity contribution is 6.15. The molecule has 0 saturated carbocycles. The van der Waals surface area contributed by atoms with Crippen LogP contribution in [-0.4, -0.2) is 92.5 Å². The molecule has 0 aromatic heterocycles.